The van der Waals surface area contributed by atoms with Gasteiger partial charge in [-0.1, -0.05) is 20.3 Å². The topological polar surface area (TPSA) is 29.0 Å². The summed E-state index contributed by atoms with van der Waals surface area (Å²) in [5.41, 5.74) is 0. The van der Waals surface area contributed by atoms with Crippen molar-refractivity contribution >= 4 is 16.7 Å². The molecule has 0 N–H and O–H groups in total. The Morgan fingerprint density at radius 1 is 1.25 bits per heavy atom. The smallest absolute Gasteiger partial charge is 0.205 e. The van der Waals surface area contributed by atoms with Crippen molar-refractivity contribution in [1.29, 1.82) is 0 Å². The lowest BCUT2D eigenvalue weighted by Crippen LogP contribution is -2.20. The second kappa shape index (κ2) is 3.99. The molecule has 2 unspecified atom stereocenters. The molecule has 1 saturated carbocycles. The Hall–Kier alpha value is -0.640. The number of hydrogen-bond donors (Lipinski definition) is 0. The summed E-state index contributed by atoms with van der Waals surface area (Å²) < 4.78 is 4.44. The molecular weight excluding hydrogens is 218 g/mol. The molecule has 3 nitrogen and oxygen atoms in total. The highest BCUT2D eigenvalue weighted by molar-refractivity contribution is 7.09. The minimum atomic E-state index is 0.451. The van der Waals surface area contributed by atoms with Crippen LogP contribution in [0.5, 0.6) is 0 Å². The molecule has 2 heterocycles. The Kier molecular flexibility index (Phi) is 2.62. The SMILES string of the molecule is CC(C)c1nsc(N2CC3CCCC3C2)n1. The molecule has 88 valence electrons. The molecule has 16 heavy (non-hydrogen) atoms. The molecule has 2 fully saturated rings. The van der Waals surface area contributed by atoms with Crippen molar-refractivity contribution in [2.75, 3.05) is 18.0 Å². The van der Waals surface area contributed by atoms with Crippen LogP contribution < -0.4 is 4.90 Å². The zero-order chi connectivity index (χ0) is 11.1. The summed E-state index contributed by atoms with van der Waals surface area (Å²) in [6, 6.07) is 0. The number of hydrogen-bond acceptors (Lipinski definition) is 4. The summed E-state index contributed by atoms with van der Waals surface area (Å²) in [5, 5.41) is 1.15. The van der Waals surface area contributed by atoms with Crippen LogP contribution >= 0.6 is 11.5 Å². The fraction of sp³-hybridized carbons (Fsp3) is 0.833. The van der Waals surface area contributed by atoms with E-state index < -0.39 is 0 Å². The number of fused-ring (bicyclic) bond motifs is 1. The van der Waals surface area contributed by atoms with E-state index in [-0.39, 0.29) is 0 Å². The highest BCUT2D eigenvalue weighted by atomic mass is 32.1. The van der Waals surface area contributed by atoms with Crippen molar-refractivity contribution in [1.82, 2.24) is 9.36 Å². The summed E-state index contributed by atoms with van der Waals surface area (Å²) in [4.78, 5) is 7.11. The Balaban J connectivity index is 1.73. The van der Waals surface area contributed by atoms with Crippen LogP contribution in [0.25, 0.3) is 0 Å². The van der Waals surface area contributed by atoms with Gasteiger partial charge in [0, 0.05) is 30.5 Å². The summed E-state index contributed by atoms with van der Waals surface area (Å²) in [6.07, 6.45) is 4.30. The lowest BCUT2D eigenvalue weighted by atomic mass is 10.0. The molecule has 1 saturated heterocycles. The van der Waals surface area contributed by atoms with E-state index in [9.17, 15) is 0 Å². The molecule has 2 atom stereocenters. The maximum atomic E-state index is 4.65. The van der Waals surface area contributed by atoms with Crippen LogP contribution in [0.1, 0.15) is 44.9 Å². The highest BCUT2D eigenvalue weighted by Crippen LogP contribution is 2.40. The van der Waals surface area contributed by atoms with Crippen molar-refractivity contribution in [3.8, 4) is 0 Å². The van der Waals surface area contributed by atoms with E-state index in [0.29, 0.717) is 5.92 Å². The average molecular weight is 237 g/mol. The molecule has 0 amide bonds. The Morgan fingerprint density at radius 3 is 2.50 bits per heavy atom. The summed E-state index contributed by atoms with van der Waals surface area (Å²) in [6.45, 7) is 6.75. The fourth-order valence-electron chi connectivity index (χ4n) is 2.98. The van der Waals surface area contributed by atoms with Gasteiger partial charge in [-0.25, -0.2) is 4.98 Å². The van der Waals surface area contributed by atoms with Crippen LogP contribution in [0, 0.1) is 11.8 Å². The number of aromatic nitrogens is 2. The van der Waals surface area contributed by atoms with Gasteiger partial charge in [-0.3, -0.25) is 0 Å². The van der Waals surface area contributed by atoms with Crippen LogP contribution in [0.3, 0.4) is 0 Å². The van der Waals surface area contributed by atoms with Crippen molar-refractivity contribution in [3.63, 3.8) is 0 Å². The van der Waals surface area contributed by atoms with Crippen LogP contribution in [0.15, 0.2) is 0 Å². The molecule has 0 spiro atoms. The van der Waals surface area contributed by atoms with Gasteiger partial charge in [-0.2, -0.15) is 4.37 Å². The van der Waals surface area contributed by atoms with Crippen molar-refractivity contribution in [3.05, 3.63) is 5.82 Å². The fourth-order valence-corrected chi connectivity index (χ4v) is 3.81. The predicted molar refractivity (Wildman–Crippen MR) is 67.0 cm³/mol. The van der Waals surface area contributed by atoms with Gasteiger partial charge in [0.25, 0.3) is 0 Å². The van der Waals surface area contributed by atoms with E-state index in [2.05, 4.69) is 28.1 Å². The molecule has 0 aromatic carbocycles. The first-order chi connectivity index (χ1) is 7.74. The second-order valence-corrected chi connectivity index (χ2v) is 6.18. The third kappa shape index (κ3) is 1.73. The minimum absolute atomic E-state index is 0.451. The Labute approximate surface area is 101 Å². The standard InChI is InChI=1S/C12H19N3S/c1-8(2)11-13-12(16-14-11)15-6-9-4-3-5-10(9)7-15/h8-10H,3-7H2,1-2H3. The molecule has 2 aliphatic rings. The number of nitrogens with zero attached hydrogens (tertiary/aromatic N) is 3. The normalized spacial score (nSPS) is 29.1. The molecular formula is C12H19N3S. The van der Waals surface area contributed by atoms with E-state index in [1.807, 2.05) is 0 Å². The van der Waals surface area contributed by atoms with Gasteiger partial charge >= 0.3 is 0 Å². The molecule has 0 bridgehead atoms. The molecule has 1 aliphatic carbocycles. The number of rotatable bonds is 2. The average Bonchev–Trinajstić information content (AvgIpc) is 2.91. The largest absolute Gasteiger partial charge is 0.346 e. The highest BCUT2D eigenvalue weighted by Gasteiger charge is 2.37. The monoisotopic (exact) mass is 237 g/mol. The molecule has 1 aromatic heterocycles. The molecule has 0 radical (unpaired) electrons. The zero-order valence-electron chi connectivity index (χ0n) is 10.0. The maximum Gasteiger partial charge on any atom is 0.205 e. The number of anilines is 1. The van der Waals surface area contributed by atoms with Gasteiger partial charge < -0.3 is 4.90 Å². The van der Waals surface area contributed by atoms with E-state index >= 15 is 0 Å². The predicted octanol–water partition coefficient (Wildman–Crippen LogP) is 2.90. The van der Waals surface area contributed by atoms with Gasteiger partial charge in [0.15, 0.2) is 0 Å². The van der Waals surface area contributed by atoms with E-state index in [1.165, 1.54) is 32.4 Å². The molecule has 1 aliphatic heterocycles. The van der Waals surface area contributed by atoms with Crippen molar-refractivity contribution in [2.45, 2.75) is 39.0 Å². The van der Waals surface area contributed by atoms with Crippen LogP contribution in [0.2, 0.25) is 0 Å². The van der Waals surface area contributed by atoms with E-state index in [0.717, 1.165) is 22.8 Å². The van der Waals surface area contributed by atoms with Gasteiger partial charge in [-0.15, -0.1) is 0 Å². The molecule has 4 heteroatoms. The quantitative estimate of drug-likeness (QED) is 0.792. The van der Waals surface area contributed by atoms with Crippen LogP contribution in [-0.4, -0.2) is 22.4 Å². The second-order valence-electron chi connectivity index (χ2n) is 5.45. The van der Waals surface area contributed by atoms with E-state index in [1.54, 1.807) is 11.5 Å². The Morgan fingerprint density at radius 2 is 1.94 bits per heavy atom. The third-order valence-electron chi connectivity index (χ3n) is 3.94. The lowest BCUT2D eigenvalue weighted by molar-refractivity contribution is 0.494. The molecule has 3 rings (SSSR count). The van der Waals surface area contributed by atoms with Crippen molar-refractivity contribution in [2.24, 2.45) is 11.8 Å². The summed E-state index contributed by atoms with van der Waals surface area (Å²) in [5.74, 6) is 3.34. The van der Waals surface area contributed by atoms with Gasteiger partial charge in [-0.05, 0) is 24.7 Å². The van der Waals surface area contributed by atoms with Gasteiger partial charge in [0.05, 0.1) is 0 Å². The van der Waals surface area contributed by atoms with E-state index in [4.69, 9.17) is 0 Å². The summed E-state index contributed by atoms with van der Waals surface area (Å²) >= 11 is 1.58. The van der Waals surface area contributed by atoms with Crippen LogP contribution in [-0.2, 0) is 0 Å². The minimum Gasteiger partial charge on any atom is -0.346 e. The van der Waals surface area contributed by atoms with Crippen molar-refractivity contribution < 1.29 is 0 Å². The molecule has 1 aromatic rings. The van der Waals surface area contributed by atoms with Gasteiger partial charge in [0.2, 0.25) is 5.13 Å². The lowest BCUT2D eigenvalue weighted by Gasteiger charge is -2.14. The zero-order valence-corrected chi connectivity index (χ0v) is 10.8. The first kappa shape index (κ1) is 10.5. The maximum absolute atomic E-state index is 4.65. The van der Waals surface area contributed by atoms with Crippen LogP contribution in [0.4, 0.5) is 5.13 Å². The third-order valence-corrected chi connectivity index (χ3v) is 4.74. The Bertz CT molecular complexity index is 362. The van der Waals surface area contributed by atoms with Gasteiger partial charge in [0.1, 0.15) is 5.82 Å². The first-order valence-electron chi connectivity index (χ1n) is 6.32. The summed E-state index contributed by atoms with van der Waals surface area (Å²) in [7, 11) is 0. The first-order valence-corrected chi connectivity index (χ1v) is 7.10.